The van der Waals surface area contributed by atoms with Crippen molar-refractivity contribution in [1.29, 1.82) is 0 Å². The Morgan fingerprint density at radius 1 is 1.16 bits per heavy atom. The predicted molar refractivity (Wildman–Crippen MR) is 66.8 cm³/mol. The molecule has 0 amide bonds. The summed E-state index contributed by atoms with van der Waals surface area (Å²) in [7, 11) is 0. The number of carbonyl (C=O) groups excluding carboxylic acids is 1. The molecule has 0 fully saturated rings. The molecule has 102 valence electrons. The molecule has 1 aliphatic rings. The summed E-state index contributed by atoms with van der Waals surface area (Å²) in [6.07, 6.45) is -2.52. The van der Waals surface area contributed by atoms with Crippen LogP contribution in [0, 0.1) is 5.92 Å². The Kier molecular flexibility index (Phi) is 3.39. The van der Waals surface area contributed by atoms with Crippen LogP contribution in [-0.2, 0) is 11.0 Å². The fourth-order valence-electron chi connectivity index (χ4n) is 2.13. The molecule has 2 atom stereocenters. The standard InChI is InChI=1S/C14H14F3NO/c1-8-7-12(9(2)13(8)19)18-11-5-3-10(4-6-11)14(15,16)17/h3-7,9,12,18H,1-2H3/t9-,12+/m0/s1. The number of Topliss-reactive ketones (excluding diaryl/α,β-unsaturated/α-hetero) is 1. The molecule has 0 heterocycles. The van der Waals surface area contributed by atoms with E-state index in [1.54, 1.807) is 13.8 Å². The van der Waals surface area contributed by atoms with Crippen molar-refractivity contribution < 1.29 is 18.0 Å². The summed E-state index contributed by atoms with van der Waals surface area (Å²) < 4.78 is 37.2. The molecule has 0 aliphatic heterocycles. The number of hydrogen-bond acceptors (Lipinski definition) is 2. The number of benzene rings is 1. The number of ketones is 1. The van der Waals surface area contributed by atoms with Crippen LogP contribution in [0.2, 0.25) is 0 Å². The molecule has 0 spiro atoms. The molecule has 0 bridgehead atoms. The van der Waals surface area contributed by atoms with Gasteiger partial charge in [-0.25, -0.2) is 0 Å². The molecule has 1 N–H and O–H groups in total. The number of allylic oxidation sites excluding steroid dienone is 1. The SMILES string of the molecule is CC1=C[C@@H](Nc2ccc(C(F)(F)F)cc2)[C@H](C)C1=O. The fraction of sp³-hybridized carbons (Fsp3) is 0.357. The topological polar surface area (TPSA) is 29.1 Å². The largest absolute Gasteiger partial charge is 0.416 e. The maximum atomic E-state index is 12.4. The van der Waals surface area contributed by atoms with E-state index >= 15 is 0 Å². The monoisotopic (exact) mass is 269 g/mol. The summed E-state index contributed by atoms with van der Waals surface area (Å²) in [5.74, 6) is -0.119. The van der Waals surface area contributed by atoms with Gasteiger partial charge in [-0.15, -0.1) is 0 Å². The smallest absolute Gasteiger partial charge is 0.378 e. The van der Waals surface area contributed by atoms with Crippen molar-refractivity contribution in [3.63, 3.8) is 0 Å². The van der Waals surface area contributed by atoms with Crippen LogP contribution in [0.15, 0.2) is 35.9 Å². The van der Waals surface area contributed by atoms with Gasteiger partial charge in [0, 0.05) is 11.6 Å². The Morgan fingerprint density at radius 3 is 2.16 bits per heavy atom. The molecule has 0 unspecified atom stereocenters. The normalized spacial score (nSPS) is 23.4. The van der Waals surface area contributed by atoms with E-state index < -0.39 is 11.7 Å². The maximum absolute atomic E-state index is 12.4. The molecule has 19 heavy (non-hydrogen) atoms. The minimum absolute atomic E-state index is 0.0735. The lowest BCUT2D eigenvalue weighted by Gasteiger charge is -2.17. The third-order valence-electron chi connectivity index (χ3n) is 3.32. The zero-order valence-corrected chi connectivity index (χ0v) is 10.6. The van der Waals surface area contributed by atoms with E-state index in [9.17, 15) is 18.0 Å². The summed E-state index contributed by atoms with van der Waals surface area (Å²) in [5.41, 5.74) is 0.584. The molecule has 0 saturated carbocycles. The van der Waals surface area contributed by atoms with Crippen LogP contribution >= 0.6 is 0 Å². The summed E-state index contributed by atoms with van der Waals surface area (Å²) in [6, 6.07) is 4.65. The maximum Gasteiger partial charge on any atom is 0.416 e. The lowest BCUT2D eigenvalue weighted by atomic mass is 10.0. The summed E-state index contributed by atoms with van der Waals surface area (Å²) in [6.45, 7) is 3.55. The third kappa shape index (κ3) is 2.80. The minimum atomic E-state index is -4.33. The third-order valence-corrected chi connectivity index (χ3v) is 3.32. The Balaban J connectivity index is 2.11. The highest BCUT2D eigenvalue weighted by molar-refractivity contribution is 6.00. The first-order valence-electron chi connectivity index (χ1n) is 5.95. The highest BCUT2D eigenvalue weighted by Crippen LogP contribution is 2.30. The highest BCUT2D eigenvalue weighted by atomic mass is 19.4. The van der Waals surface area contributed by atoms with E-state index in [1.807, 2.05) is 6.08 Å². The van der Waals surface area contributed by atoms with Crippen LogP contribution in [0.4, 0.5) is 18.9 Å². The number of rotatable bonds is 2. The van der Waals surface area contributed by atoms with Gasteiger partial charge in [0.15, 0.2) is 5.78 Å². The quantitative estimate of drug-likeness (QED) is 0.887. The van der Waals surface area contributed by atoms with Crippen molar-refractivity contribution in [1.82, 2.24) is 0 Å². The van der Waals surface area contributed by atoms with Gasteiger partial charge in [0.25, 0.3) is 0 Å². The van der Waals surface area contributed by atoms with Crippen molar-refractivity contribution in [3.05, 3.63) is 41.5 Å². The van der Waals surface area contributed by atoms with Crippen LogP contribution in [0.1, 0.15) is 19.4 Å². The molecule has 2 nitrogen and oxygen atoms in total. The Labute approximate surface area is 109 Å². The highest BCUT2D eigenvalue weighted by Gasteiger charge is 2.31. The Hall–Kier alpha value is -1.78. The average Bonchev–Trinajstić information content (AvgIpc) is 2.57. The molecule has 1 aromatic carbocycles. The molecule has 2 rings (SSSR count). The van der Waals surface area contributed by atoms with Gasteiger partial charge in [0.05, 0.1) is 11.6 Å². The number of halogens is 3. The van der Waals surface area contributed by atoms with Gasteiger partial charge in [-0.3, -0.25) is 4.79 Å². The van der Waals surface area contributed by atoms with E-state index in [0.29, 0.717) is 11.3 Å². The second-order valence-corrected chi connectivity index (χ2v) is 4.75. The van der Waals surface area contributed by atoms with Crippen molar-refractivity contribution >= 4 is 11.5 Å². The average molecular weight is 269 g/mol. The number of hydrogen-bond donors (Lipinski definition) is 1. The lowest BCUT2D eigenvalue weighted by Crippen LogP contribution is -2.25. The molecular formula is C14H14F3NO. The van der Waals surface area contributed by atoms with Gasteiger partial charge in [-0.1, -0.05) is 13.0 Å². The van der Waals surface area contributed by atoms with Crippen molar-refractivity contribution in [2.24, 2.45) is 5.92 Å². The van der Waals surface area contributed by atoms with E-state index in [4.69, 9.17) is 0 Å². The van der Waals surface area contributed by atoms with Gasteiger partial charge < -0.3 is 5.32 Å². The summed E-state index contributed by atoms with van der Waals surface area (Å²) >= 11 is 0. The number of alkyl halides is 3. The number of carbonyl (C=O) groups is 1. The minimum Gasteiger partial charge on any atom is -0.378 e. The molecule has 5 heteroatoms. The summed E-state index contributed by atoms with van der Waals surface area (Å²) in [5, 5.41) is 3.07. The molecule has 1 aliphatic carbocycles. The summed E-state index contributed by atoms with van der Waals surface area (Å²) in [4.78, 5) is 11.6. The predicted octanol–water partition coefficient (Wildman–Crippen LogP) is 3.65. The van der Waals surface area contributed by atoms with Crippen LogP contribution in [0.5, 0.6) is 0 Å². The van der Waals surface area contributed by atoms with E-state index in [1.165, 1.54) is 12.1 Å². The molecule has 0 saturated heterocycles. The lowest BCUT2D eigenvalue weighted by molar-refractivity contribution is -0.137. The molecule has 1 aromatic rings. The number of anilines is 1. The van der Waals surface area contributed by atoms with E-state index in [-0.39, 0.29) is 17.7 Å². The van der Waals surface area contributed by atoms with Gasteiger partial charge in [-0.05, 0) is 36.8 Å². The van der Waals surface area contributed by atoms with Gasteiger partial charge in [0.1, 0.15) is 0 Å². The van der Waals surface area contributed by atoms with Gasteiger partial charge >= 0.3 is 6.18 Å². The van der Waals surface area contributed by atoms with Crippen LogP contribution in [0.25, 0.3) is 0 Å². The fourth-order valence-corrected chi connectivity index (χ4v) is 2.13. The van der Waals surface area contributed by atoms with E-state index in [0.717, 1.165) is 12.1 Å². The zero-order valence-electron chi connectivity index (χ0n) is 10.6. The van der Waals surface area contributed by atoms with Crippen LogP contribution in [-0.4, -0.2) is 11.8 Å². The Morgan fingerprint density at radius 2 is 1.74 bits per heavy atom. The molecule has 0 aromatic heterocycles. The first-order valence-corrected chi connectivity index (χ1v) is 5.95. The van der Waals surface area contributed by atoms with Crippen molar-refractivity contribution in [3.8, 4) is 0 Å². The van der Waals surface area contributed by atoms with Crippen molar-refractivity contribution in [2.75, 3.05) is 5.32 Å². The van der Waals surface area contributed by atoms with Gasteiger partial charge in [0.2, 0.25) is 0 Å². The zero-order chi connectivity index (χ0) is 14.2. The van der Waals surface area contributed by atoms with Crippen molar-refractivity contribution in [2.45, 2.75) is 26.1 Å². The van der Waals surface area contributed by atoms with Crippen LogP contribution < -0.4 is 5.32 Å². The Bertz CT molecular complexity index is 516. The molecule has 0 radical (unpaired) electrons. The molecular weight excluding hydrogens is 255 g/mol. The second-order valence-electron chi connectivity index (χ2n) is 4.75. The first-order chi connectivity index (χ1) is 8.79. The van der Waals surface area contributed by atoms with Gasteiger partial charge in [-0.2, -0.15) is 13.2 Å². The second kappa shape index (κ2) is 4.72. The first kappa shape index (κ1) is 13.6. The van der Waals surface area contributed by atoms with Crippen LogP contribution in [0.3, 0.4) is 0 Å². The van der Waals surface area contributed by atoms with E-state index in [2.05, 4.69) is 5.32 Å². The number of nitrogens with one attached hydrogen (secondary N) is 1.